The van der Waals surface area contributed by atoms with Gasteiger partial charge in [-0.1, -0.05) is 0 Å². The number of carbonyl (C=O) groups is 1. The second-order valence-corrected chi connectivity index (χ2v) is 4.46. The van der Waals surface area contributed by atoms with Gasteiger partial charge in [0.25, 0.3) is 5.91 Å². The molecule has 2 aromatic rings. The Bertz CT molecular complexity index is 562. The number of aryl methyl sites for hydroxylation is 2. The van der Waals surface area contributed by atoms with Crippen LogP contribution in [0.3, 0.4) is 0 Å². The van der Waals surface area contributed by atoms with Crippen LogP contribution in [0.25, 0.3) is 0 Å². The van der Waals surface area contributed by atoms with Gasteiger partial charge in [-0.2, -0.15) is 5.10 Å². The Balaban J connectivity index is 1.79. The lowest BCUT2D eigenvalue weighted by molar-refractivity contribution is 0.102. The van der Waals surface area contributed by atoms with Crippen LogP contribution in [0.5, 0.6) is 0 Å². The zero-order valence-electron chi connectivity index (χ0n) is 9.94. The van der Waals surface area contributed by atoms with E-state index in [-0.39, 0.29) is 5.91 Å². The van der Waals surface area contributed by atoms with E-state index in [2.05, 4.69) is 20.5 Å². The van der Waals surface area contributed by atoms with Crippen LogP contribution in [-0.2, 0) is 12.8 Å². The molecule has 0 spiro atoms. The molecule has 18 heavy (non-hydrogen) atoms. The molecule has 0 saturated heterocycles. The van der Waals surface area contributed by atoms with Crippen LogP contribution in [-0.4, -0.2) is 21.1 Å². The largest absolute Gasteiger partial charge is 0.319 e. The smallest absolute Gasteiger partial charge is 0.273 e. The van der Waals surface area contributed by atoms with Crippen LogP contribution in [0.2, 0.25) is 0 Å². The molecule has 0 fully saturated rings. The fourth-order valence-corrected chi connectivity index (χ4v) is 2.24. The summed E-state index contributed by atoms with van der Waals surface area (Å²) in [7, 11) is 0. The number of fused-ring (bicyclic) bond motifs is 1. The van der Waals surface area contributed by atoms with Gasteiger partial charge in [-0.3, -0.25) is 14.9 Å². The summed E-state index contributed by atoms with van der Waals surface area (Å²) in [5, 5.41) is 9.21. The van der Waals surface area contributed by atoms with E-state index in [1.165, 1.54) is 24.1 Å². The summed E-state index contributed by atoms with van der Waals surface area (Å²) in [6.45, 7) is 0. The number of carbonyl (C=O) groups excluding carboxylic acids is 1. The number of rotatable bonds is 2. The molecule has 0 aliphatic heterocycles. The van der Waals surface area contributed by atoms with E-state index in [4.69, 9.17) is 0 Å². The molecule has 0 atom stereocenters. The fourth-order valence-electron chi connectivity index (χ4n) is 2.24. The SMILES string of the molecule is O=C(Nc1cnc2c(c1)CCCC2)c1ccn[nH]1. The van der Waals surface area contributed by atoms with E-state index in [0.29, 0.717) is 5.69 Å². The highest BCUT2D eigenvalue weighted by Crippen LogP contribution is 2.22. The lowest BCUT2D eigenvalue weighted by Gasteiger charge is -2.15. The predicted octanol–water partition coefficient (Wildman–Crippen LogP) is 1.94. The van der Waals surface area contributed by atoms with E-state index in [0.717, 1.165) is 18.5 Å². The highest BCUT2D eigenvalue weighted by molar-refractivity contribution is 6.02. The first-order valence-corrected chi connectivity index (χ1v) is 6.11. The summed E-state index contributed by atoms with van der Waals surface area (Å²) in [5.74, 6) is -0.190. The van der Waals surface area contributed by atoms with Crippen molar-refractivity contribution < 1.29 is 4.79 Å². The third kappa shape index (κ3) is 2.11. The monoisotopic (exact) mass is 242 g/mol. The number of H-pyrrole nitrogens is 1. The number of aromatic amines is 1. The number of aromatic nitrogens is 3. The summed E-state index contributed by atoms with van der Waals surface area (Å²) < 4.78 is 0. The summed E-state index contributed by atoms with van der Waals surface area (Å²) in [6, 6.07) is 3.66. The Kier molecular flexibility index (Phi) is 2.80. The molecule has 2 heterocycles. The predicted molar refractivity (Wildman–Crippen MR) is 67.4 cm³/mol. The molecular formula is C13H14N4O. The molecule has 3 rings (SSSR count). The molecule has 0 radical (unpaired) electrons. The van der Waals surface area contributed by atoms with E-state index in [9.17, 15) is 4.79 Å². The molecule has 0 aromatic carbocycles. The van der Waals surface area contributed by atoms with E-state index in [1.807, 2.05) is 6.07 Å². The van der Waals surface area contributed by atoms with Gasteiger partial charge < -0.3 is 5.32 Å². The number of pyridine rings is 1. The number of amides is 1. The van der Waals surface area contributed by atoms with Gasteiger partial charge >= 0.3 is 0 Å². The van der Waals surface area contributed by atoms with Gasteiger partial charge in [-0.25, -0.2) is 0 Å². The average molecular weight is 242 g/mol. The van der Waals surface area contributed by atoms with Crippen molar-refractivity contribution in [2.75, 3.05) is 5.32 Å². The number of hydrogen-bond acceptors (Lipinski definition) is 3. The van der Waals surface area contributed by atoms with Crippen LogP contribution < -0.4 is 5.32 Å². The molecular weight excluding hydrogens is 228 g/mol. The minimum absolute atomic E-state index is 0.190. The maximum atomic E-state index is 11.8. The van der Waals surface area contributed by atoms with Gasteiger partial charge in [-0.15, -0.1) is 0 Å². The maximum Gasteiger partial charge on any atom is 0.273 e. The van der Waals surface area contributed by atoms with Crippen LogP contribution in [0.1, 0.15) is 34.6 Å². The fraction of sp³-hybridized carbons (Fsp3) is 0.308. The average Bonchev–Trinajstić information content (AvgIpc) is 2.92. The van der Waals surface area contributed by atoms with Gasteiger partial charge in [-0.05, 0) is 43.4 Å². The molecule has 0 bridgehead atoms. The quantitative estimate of drug-likeness (QED) is 0.845. The normalized spacial score (nSPS) is 14.0. The zero-order chi connectivity index (χ0) is 12.4. The summed E-state index contributed by atoms with van der Waals surface area (Å²) in [5.41, 5.74) is 3.62. The van der Waals surface area contributed by atoms with Crippen molar-refractivity contribution >= 4 is 11.6 Å². The number of hydrogen-bond donors (Lipinski definition) is 2. The lowest BCUT2D eigenvalue weighted by atomic mass is 9.96. The van der Waals surface area contributed by atoms with E-state index in [1.54, 1.807) is 18.5 Å². The second kappa shape index (κ2) is 4.60. The molecule has 0 unspecified atom stereocenters. The second-order valence-electron chi connectivity index (χ2n) is 4.46. The minimum atomic E-state index is -0.190. The van der Waals surface area contributed by atoms with Crippen molar-refractivity contribution in [1.82, 2.24) is 15.2 Å². The first-order valence-electron chi connectivity index (χ1n) is 6.11. The molecule has 1 aliphatic rings. The molecule has 2 N–H and O–H groups in total. The summed E-state index contributed by atoms with van der Waals surface area (Å²) in [4.78, 5) is 16.2. The molecule has 5 heteroatoms. The number of anilines is 1. The Morgan fingerprint density at radius 2 is 2.22 bits per heavy atom. The molecule has 5 nitrogen and oxygen atoms in total. The van der Waals surface area contributed by atoms with Gasteiger partial charge in [0.05, 0.1) is 11.9 Å². The van der Waals surface area contributed by atoms with Crippen molar-refractivity contribution in [1.29, 1.82) is 0 Å². The van der Waals surface area contributed by atoms with Gasteiger partial charge in [0.1, 0.15) is 5.69 Å². The highest BCUT2D eigenvalue weighted by atomic mass is 16.1. The third-order valence-electron chi connectivity index (χ3n) is 3.17. The number of nitrogens with one attached hydrogen (secondary N) is 2. The topological polar surface area (TPSA) is 70.7 Å². The van der Waals surface area contributed by atoms with Crippen LogP contribution >= 0.6 is 0 Å². The van der Waals surface area contributed by atoms with Crippen molar-refractivity contribution in [2.45, 2.75) is 25.7 Å². The van der Waals surface area contributed by atoms with Crippen LogP contribution in [0.4, 0.5) is 5.69 Å². The molecule has 0 saturated carbocycles. The van der Waals surface area contributed by atoms with E-state index >= 15 is 0 Å². The molecule has 1 aliphatic carbocycles. The molecule has 92 valence electrons. The Labute approximate surface area is 105 Å². The Hall–Kier alpha value is -2.17. The highest BCUT2D eigenvalue weighted by Gasteiger charge is 2.12. The van der Waals surface area contributed by atoms with Crippen LogP contribution in [0.15, 0.2) is 24.5 Å². The standard InChI is InChI=1S/C13H14N4O/c18-13(12-5-6-15-17-12)16-10-7-9-3-1-2-4-11(9)14-8-10/h5-8H,1-4H2,(H,15,17)(H,16,18). The maximum absolute atomic E-state index is 11.8. The first-order chi connectivity index (χ1) is 8.83. The van der Waals surface area contributed by atoms with Gasteiger partial charge in [0, 0.05) is 11.9 Å². The van der Waals surface area contributed by atoms with Crippen molar-refractivity contribution in [3.63, 3.8) is 0 Å². The Morgan fingerprint density at radius 3 is 3.06 bits per heavy atom. The molecule has 1 amide bonds. The summed E-state index contributed by atoms with van der Waals surface area (Å²) in [6.07, 6.45) is 7.78. The van der Waals surface area contributed by atoms with Gasteiger partial charge in [0.15, 0.2) is 0 Å². The van der Waals surface area contributed by atoms with Gasteiger partial charge in [0.2, 0.25) is 0 Å². The van der Waals surface area contributed by atoms with Crippen LogP contribution in [0, 0.1) is 0 Å². The zero-order valence-corrected chi connectivity index (χ0v) is 9.94. The van der Waals surface area contributed by atoms with E-state index < -0.39 is 0 Å². The lowest BCUT2D eigenvalue weighted by Crippen LogP contribution is -2.14. The third-order valence-corrected chi connectivity index (χ3v) is 3.17. The van der Waals surface area contributed by atoms with Crippen molar-refractivity contribution in [3.8, 4) is 0 Å². The first kappa shape index (κ1) is 11.0. The summed E-state index contributed by atoms with van der Waals surface area (Å²) >= 11 is 0. The number of nitrogens with zero attached hydrogens (tertiary/aromatic N) is 2. The van der Waals surface area contributed by atoms with Crippen molar-refractivity contribution in [3.05, 3.63) is 41.5 Å². The Morgan fingerprint density at radius 1 is 1.33 bits per heavy atom. The molecule has 2 aromatic heterocycles. The van der Waals surface area contributed by atoms with Crippen molar-refractivity contribution in [2.24, 2.45) is 0 Å². The minimum Gasteiger partial charge on any atom is -0.319 e.